The summed E-state index contributed by atoms with van der Waals surface area (Å²) in [6.45, 7) is 0.609. The molecule has 1 rings (SSSR count). The molecule has 0 heterocycles. The highest BCUT2D eigenvalue weighted by molar-refractivity contribution is 5.85. The molecule has 0 spiro atoms. The molecule has 0 aromatic heterocycles. The normalized spacial score (nSPS) is 12.4. The highest BCUT2D eigenvalue weighted by atomic mass is 19.1. The van der Waals surface area contributed by atoms with E-state index in [0.717, 1.165) is 12.0 Å². The number of ether oxygens (including phenoxy) is 1. The molecule has 0 bridgehead atoms. The molecule has 4 heteroatoms. The van der Waals surface area contributed by atoms with Crippen LogP contribution in [0.2, 0.25) is 0 Å². The van der Waals surface area contributed by atoms with Crippen LogP contribution in [0.1, 0.15) is 18.4 Å². The zero-order chi connectivity index (χ0) is 12.7. The van der Waals surface area contributed by atoms with Crippen molar-refractivity contribution in [3.63, 3.8) is 0 Å². The van der Waals surface area contributed by atoms with E-state index in [1.165, 1.54) is 12.1 Å². The third-order valence-corrected chi connectivity index (χ3v) is 2.57. The number of rotatable bonds is 7. The van der Waals surface area contributed by atoms with Crippen molar-refractivity contribution >= 4 is 5.78 Å². The molecule has 0 aliphatic rings. The smallest absolute Gasteiger partial charge is 0.153 e. The molecule has 94 valence electrons. The van der Waals surface area contributed by atoms with Gasteiger partial charge in [-0.2, -0.15) is 0 Å². The van der Waals surface area contributed by atoms with E-state index < -0.39 is 6.04 Å². The maximum Gasteiger partial charge on any atom is 0.153 e. The van der Waals surface area contributed by atoms with Crippen molar-refractivity contribution in [2.75, 3.05) is 13.7 Å². The Morgan fingerprint density at radius 1 is 1.41 bits per heavy atom. The topological polar surface area (TPSA) is 52.3 Å². The van der Waals surface area contributed by atoms with Crippen molar-refractivity contribution in [1.82, 2.24) is 0 Å². The van der Waals surface area contributed by atoms with Crippen molar-refractivity contribution in [1.29, 1.82) is 0 Å². The van der Waals surface area contributed by atoms with E-state index in [9.17, 15) is 9.18 Å². The predicted molar refractivity (Wildman–Crippen MR) is 64.2 cm³/mol. The van der Waals surface area contributed by atoms with E-state index >= 15 is 0 Å². The van der Waals surface area contributed by atoms with Crippen LogP contribution in [0.25, 0.3) is 0 Å². The Labute approximate surface area is 101 Å². The Morgan fingerprint density at radius 3 is 2.65 bits per heavy atom. The first-order chi connectivity index (χ1) is 8.13. The number of nitrogens with two attached hydrogens (primary N) is 1. The molecule has 1 atom stereocenters. The summed E-state index contributed by atoms with van der Waals surface area (Å²) in [7, 11) is 1.62. The van der Waals surface area contributed by atoms with Crippen molar-refractivity contribution < 1.29 is 13.9 Å². The number of carbonyl (C=O) groups excluding carboxylic acids is 1. The van der Waals surface area contributed by atoms with Crippen molar-refractivity contribution in [2.24, 2.45) is 5.73 Å². The van der Waals surface area contributed by atoms with Gasteiger partial charge in [-0.05, 0) is 30.5 Å². The highest BCUT2D eigenvalue weighted by Crippen LogP contribution is 2.06. The number of ketones is 1. The average molecular weight is 239 g/mol. The minimum Gasteiger partial charge on any atom is -0.385 e. The zero-order valence-corrected chi connectivity index (χ0v) is 9.99. The fourth-order valence-corrected chi connectivity index (χ4v) is 1.54. The Morgan fingerprint density at radius 2 is 2.06 bits per heavy atom. The first-order valence-electron chi connectivity index (χ1n) is 5.65. The lowest BCUT2D eigenvalue weighted by molar-refractivity contribution is -0.119. The van der Waals surface area contributed by atoms with Crippen LogP contribution in [-0.4, -0.2) is 25.5 Å². The molecule has 0 saturated heterocycles. The van der Waals surface area contributed by atoms with E-state index in [-0.39, 0.29) is 18.0 Å². The van der Waals surface area contributed by atoms with Gasteiger partial charge in [-0.3, -0.25) is 4.79 Å². The van der Waals surface area contributed by atoms with Gasteiger partial charge in [0, 0.05) is 20.1 Å². The molecular weight excluding hydrogens is 221 g/mol. The van der Waals surface area contributed by atoms with Crippen LogP contribution in [0.3, 0.4) is 0 Å². The minimum atomic E-state index is -0.463. The summed E-state index contributed by atoms with van der Waals surface area (Å²) >= 11 is 0. The van der Waals surface area contributed by atoms with Crippen LogP contribution < -0.4 is 5.73 Å². The molecule has 1 aromatic rings. The summed E-state index contributed by atoms with van der Waals surface area (Å²) in [5.74, 6) is -0.321. The number of hydrogen-bond donors (Lipinski definition) is 1. The summed E-state index contributed by atoms with van der Waals surface area (Å²) < 4.78 is 17.6. The van der Waals surface area contributed by atoms with E-state index in [2.05, 4.69) is 0 Å². The van der Waals surface area contributed by atoms with Crippen LogP contribution in [-0.2, 0) is 16.0 Å². The van der Waals surface area contributed by atoms with Gasteiger partial charge in [0.25, 0.3) is 0 Å². The number of halogens is 1. The van der Waals surface area contributed by atoms with Crippen LogP contribution in [0.15, 0.2) is 24.3 Å². The van der Waals surface area contributed by atoms with E-state index in [4.69, 9.17) is 10.5 Å². The van der Waals surface area contributed by atoms with E-state index in [0.29, 0.717) is 13.0 Å². The maximum atomic E-state index is 12.7. The van der Waals surface area contributed by atoms with Gasteiger partial charge in [-0.1, -0.05) is 12.1 Å². The third kappa shape index (κ3) is 5.06. The van der Waals surface area contributed by atoms with Gasteiger partial charge in [-0.15, -0.1) is 0 Å². The molecule has 3 nitrogen and oxygen atoms in total. The molecule has 0 fully saturated rings. The van der Waals surface area contributed by atoms with Crippen molar-refractivity contribution in [3.05, 3.63) is 35.6 Å². The lowest BCUT2D eigenvalue weighted by atomic mass is 10.0. The lowest BCUT2D eigenvalue weighted by Crippen LogP contribution is -2.32. The molecule has 0 saturated carbocycles. The molecular formula is C13H18FNO2. The van der Waals surface area contributed by atoms with Crippen molar-refractivity contribution in [3.8, 4) is 0 Å². The van der Waals surface area contributed by atoms with Gasteiger partial charge in [0.05, 0.1) is 6.04 Å². The van der Waals surface area contributed by atoms with Gasteiger partial charge in [0.15, 0.2) is 5.78 Å². The van der Waals surface area contributed by atoms with E-state index in [1.54, 1.807) is 19.2 Å². The van der Waals surface area contributed by atoms with Gasteiger partial charge >= 0.3 is 0 Å². The number of hydrogen-bond acceptors (Lipinski definition) is 3. The standard InChI is InChI=1S/C13H18FNO2/c1-17-8-2-3-12(15)13(16)9-10-4-6-11(14)7-5-10/h4-7,12H,2-3,8-9,15H2,1H3. The second-order valence-corrected chi connectivity index (χ2v) is 4.01. The molecule has 0 amide bonds. The van der Waals surface area contributed by atoms with Crippen molar-refractivity contribution in [2.45, 2.75) is 25.3 Å². The summed E-state index contributed by atoms with van der Waals surface area (Å²) in [6.07, 6.45) is 1.65. The van der Waals surface area contributed by atoms with Crippen LogP contribution in [0, 0.1) is 5.82 Å². The number of Topliss-reactive ketones (excluding diaryl/α,β-unsaturated/α-hetero) is 1. The second kappa shape index (κ2) is 7.14. The Hall–Kier alpha value is -1.26. The Bertz CT molecular complexity index is 351. The third-order valence-electron chi connectivity index (χ3n) is 2.57. The fourth-order valence-electron chi connectivity index (χ4n) is 1.54. The zero-order valence-electron chi connectivity index (χ0n) is 9.99. The number of methoxy groups -OCH3 is 1. The van der Waals surface area contributed by atoms with Crippen LogP contribution in [0.4, 0.5) is 4.39 Å². The minimum absolute atomic E-state index is 0.0206. The quantitative estimate of drug-likeness (QED) is 0.737. The molecule has 2 N–H and O–H groups in total. The summed E-state index contributed by atoms with van der Waals surface area (Å²) in [5.41, 5.74) is 6.55. The SMILES string of the molecule is COCCCC(N)C(=O)Cc1ccc(F)cc1. The van der Waals surface area contributed by atoms with Gasteiger partial charge in [0.2, 0.25) is 0 Å². The van der Waals surface area contributed by atoms with Crippen LogP contribution in [0.5, 0.6) is 0 Å². The van der Waals surface area contributed by atoms with Gasteiger partial charge < -0.3 is 10.5 Å². The Kier molecular flexibility index (Phi) is 5.80. The molecule has 0 aliphatic heterocycles. The fraction of sp³-hybridized carbons (Fsp3) is 0.462. The summed E-state index contributed by atoms with van der Waals surface area (Å²) in [6, 6.07) is 5.44. The highest BCUT2D eigenvalue weighted by Gasteiger charge is 2.13. The first kappa shape index (κ1) is 13.8. The predicted octanol–water partition coefficient (Wildman–Crippen LogP) is 1.69. The van der Waals surface area contributed by atoms with Gasteiger partial charge in [-0.25, -0.2) is 4.39 Å². The largest absolute Gasteiger partial charge is 0.385 e. The monoisotopic (exact) mass is 239 g/mol. The second-order valence-electron chi connectivity index (χ2n) is 4.01. The lowest BCUT2D eigenvalue weighted by Gasteiger charge is -2.10. The maximum absolute atomic E-state index is 12.7. The molecule has 1 unspecified atom stereocenters. The number of benzene rings is 1. The van der Waals surface area contributed by atoms with E-state index in [1.807, 2.05) is 0 Å². The molecule has 17 heavy (non-hydrogen) atoms. The van der Waals surface area contributed by atoms with Gasteiger partial charge in [0.1, 0.15) is 5.82 Å². The summed E-state index contributed by atoms with van der Waals surface area (Å²) in [4.78, 5) is 11.7. The number of carbonyl (C=O) groups is 1. The average Bonchev–Trinajstić information content (AvgIpc) is 2.32. The Balaban J connectivity index is 2.40. The molecule has 0 radical (unpaired) electrons. The first-order valence-corrected chi connectivity index (χ1v) is 5.65. The molecule has 0 aliphatic carbocycles. The molecule has 1 aromatic carbocycles. The summed E-state index contributed by atoms with van der Waals surface area (Å²) in [5, 5.41) is 0. The van der Waals surface area contributed by atoms with Crippen LogP contribution >= 0.6 is 0 Å².